The normalized spacial score (nSPS) is 10.0. The van der Waals surface area contributed by atoms with Gasteiger partial charge in [0.05, 0.1) is 7.11 Å². The van der Waals surface area contributed by atoms with Crippen molar-refractivity contribution in [3.63, 3.8) is 0 Å². The first-order valence-corrected chi connectivity index (χ1v) is 5.58. The van der Waals surface area contributed by atoms with Gasteiger partial charge in [-0.15, -0.1) is 23.4 Å². The van der Waals surface area contributed by atoms with E-state index >= 15 is 0 Å². The van der Waals surface area contributed by atoms with Gasteiger partial charge in [-0.05, 0) is 18.6 Å². The average molecular weight is 218 g/mol. The fourth-order valence-electron chi connectivity index (χ4n) is 0.863. The summed E-state index contributed by atoms with van der Waals surface area (Å²) >= 11 is 7.25. The van der Waals surface area contributed by atoms with Crippen molar-refractivity contribution < 1.29 is 4.74 Å². The van der Waals surface area contributed by atoms with Crippen molar-refractivity contribution in [2.24, 2.45) is 0 Å². The quantitative estimate of drug-likeness (QED) is 0.430. The van der Waals surface area contributed by atoms with Gasteiger partial charge < -0.3 is 4.74 Å². The van der Waals surface area contributed by atoms with Gasteiger partial charge in [0.1, 0.15) is 5.03 Å². The third kappa shape index (κ3) is 3.44. The Bertz CT molecular complexity index is 257. The minimum Gasteiger partial charge on any atom is -0.494 e. The summed E-state index contributed by atoms with van der Waals surface area (Å²) in [5.74, 6) is 2.51. The van der Waals surface area contributed by atoms with Crippen molar-refractivity contribution in [3.05, 3.63) is 18.3 Å². The third-order valence-corrected chi connectivity index (χ3v) is 2.81. The van der Waals surface area contributed by atoms with E-state index in [1.54, 1.807) is 25.1 Å². The Morgan fingerprint density at radius 2 is 2.46 bits per heavy atom. The molecule has 72 valence electrons. The van der Waals surface area contributed by atoms with Crippen molar-refractivity contribution in [3.8, 4) is 5.75 Å². The summed E-state index contributed by atoms with van der Waals surface area (Å²) in [7, 11) is 1.66. The van der Waals surface area contributed by atoms with Crippen LogP contribution in [0.2, 0.25) is 0 Å². The molecular weight excluding hydrogens is 206 g/mol. The molecule has 0 aromatic carbocycles. The molecule has 2 nitrogen and oxygen atoms in total. The fraction of sp³-hybridized carbons (Fsp3) is 0.444. The fourth-order valence-corrected chi connectivity index (χ4v) is 2.07. The molecule has 1 rings (SSSR count). The Hall–Kier alpha value is -0.410. The van der Waals surface area contributed by atoms with Gasteiger partial charge in [-0.3, -0.25) is 0 Å². The molecule has 0 N–H and O–H groups in total. The predicted octanol–water partition coefficient (Wildman–Crippen LogP) is 2.81. The lowest BCUT2D eigenvalue weighted by molar-refractivity contribution is 0.401. The molecule has 0 aliphatic carbocycles. The van der Waals surface area contributed by atoms with E-state index in [4.69, 9.17) is 16.3 Å². The van der Waals surface area contributed by atoms with E-state index in [9.17, 15) is 0 Å². The van der Waals surface area contributed by atoms with Crippen LogP contribution in [-0.2, 0) is 0 Å². The predicted molar refractivity (Wildman–Crippen MR) is 56.9 cm³/mol. The lowest BCUT2D eigenvalue weighted by Gasteiger charge is -2.04. The highest BCUT2D eigenvalue weighted by Crippen LogP contribution is 2.26. The highest BCUT2D eigenvalue weighted by atomic mass is 35.5. The van der Waals surface area contributed by atoms with E-state index in [0.717, 1.165) is 22.9 Å². The van der Waals surface area contributed by atoms with Crippen LogP contribution >= 0.6 is 23.4 Å². The maximum atomic E-state index is 5.58. The van der Waals surface area contributed by atoms with Gasteiger partial charge in [-0.1, -0.05) is 0 Å². The lowest BCUT2D eigenvalue weighted by atomic mass is 10.5. The molecular formula is C9H12ClNOS. The number of halogens is 1. The van der Waals surface area contributed by atoms with Crippen molar-refractivity contribution in [2.75, 3.05) is 18.7 Å². The second kappa shape index (κ2) is 6.11. The molecule has 0 aliphatic heterocycles. The Morgan fingerprint density at radius 3 is 3.15 bits per heavy atom. The molecule has 0 amide bonds. The van der Waals surface area contributed by atoms with Crippen LogP contribution in [0.4, 0.5) is 0 Å². The SMILES string of the molecule is COc1cccnc1SCCCCl. The van der Waals surface area contributed by atoms with E-state index in [1.165, 1.54) is 0 Å². The molecule has 0 spiro atoms. The Kier molecular flexibility index (Phi) is 5.01. The monoisotopic (exact) mass is 217 g/mol. The maximum Gasteiger partial charge on any atom is 0.151 e. The topological polar surface area (TPSA) is 22.1 Å². The van der Waals surface area contributed by atoms with Gasteiger partial charge >= 0.3 is 0 Å². The number of hydrogen-bond donors (Lipinski definition) is 0. The highest BCUT2D eigenvalue weighted by Gasteiger charge is 2.02. The number of methoxy groups -OCH3 is 1. The van der Waals surface area contributed by atoms with Crippen molar-refractivity contribution in [1.82, 2.24) is 4.98 Å². The van der Waals surface area contributed by atoms with Crippen LogP contribution in [0.5, 0.6) is 5.75 Å². The summed E-state index contributed by atoms with van der Waals surface area (Å²) in [6.45, 7) is 0. The average Bonchev–Trinajstić information content (AvgIpc) is 2.19. The highest BCUT2D eigenvalue weighted by molar-refractivity contribution is 7.99. The maximum absolute atomic E-state index is 5.58. The zero-order valence-electron chi connectivity index (χ0n) is 7.50. The van der Waals surface area contributed by atoms with Gasteiger partial charge in [-0.2, -0.15) is 0 Å². The first-order valence-electron chi connectivity index (χ1n) is 4.06. The van der Waals surface area contributed by atoms with E-state index in [2.05, 4.69) is 4.98 Å². The summed E-state index contributed by atoms with van der Waals surface area (Å²) in [6.07, 6.45) is 2.76. The number of alkyl halides is 1. The number of thioether (sulfide) groups is 1. The molecule has 0 saturated carbocycles. The molecule has 0 saturated heterocycles. The van der Waals surface area contributed by atoms with Crippen molar-refractivity contribution >= 4 is 23.4 Å². The molecule has 1 aromatic rings. The first kappa shape index (κ1) is 10.7. The summed E-state index contributed by atoms with van der Waals surface area (Å²) < 4.78 is 5.16. The van der Waals surface area contributed by atoms with Gasteiger partial charge in [0.15, 0.2) is 5.75 Å². The molecule has 0 unspecified atom stereocenters. The Morgan fingerprint density at radius 1 is 1.62 bits per heavy atom. The summed E-state index contributed by atoms with van der Waals surface area (Å²) in [5, 5.41) is 0.940. The molecule has 4 heteroatoms. The molecule has 1 aromatic heterocycles. The zero-order valence-corrected chi connectivity index (χ0v) is 9.07. The summed E-state index contributed by atoms with van der Waals surface area (Å²) in [4.78, 5) is 4.22. The zero-order chi connectivity index (χ0) is 9.52. The first-order chi connectivity index (χ1) is 6.38. The van der Waals surface area contributed by atoms with Crippen LogP contribution < -0.4 is 4.74 Å². The molecule has 0 radical (unpaired) electrons. The summed E-state index contributed by atoms with van der Waals surface area (Å²) in [5.41, 5.74) is 0. The van der Waals surface area contributed by atoms with Crippen molar-refractivity contribution in [2.45, 2.75) is 11.4 Å². The Balaban J connectivity index is 2.54. The third-order valence-electron chi connectivity index (χ3n) is 1.47. The van der Waals surface area contributed by atoms with Gasteiger partial charge in [0.2, 0.25) is 0 Å². The summed E-state index contributed by atoms with van der Waals surface area (Å²) in [6, 6.07) is 3.78. The number of aromatic nitrogens is 1. The van der Waals surface area contributed by atoms with Crippen LogP contribution in [0.15, 0.2) is 23.4 Å². The van der Waals surface area contributed by atoms with Gasteiger partial charge in [-0.25, -0.2) is 4.98 Å². The minimum absolute atomic E-state index is 0.697. The molecule has 0 fully saturated rings. The molecule has 0 bridgehead atoms. The largest absolute Gasteiger partial charge is 0.494 e. The molecule has 13 heavy (non-hydrogen) atoms. The van der Waals surface area contributed by atoms with E-state index in [1.807, 2.05) is 12.1 Å². The molecule has 0 atom stereocenters. The van der Waals surface area contributed by atoms with E-state index in [0.29, 0.717) is 5.88 Å². The number of ether oxygens (including phenoxy) is 1. The van der Waals surface area contributed by atoms with Gasteiger partial charge in [0.25, 0.3) is 0 Å². The Labute approximate surface area is 87.7 Å². The van der Waals surface area contributed by atoms with Crippen LogP contribution in [0, 0.1) is 0 Å². The lowest BCUT2D eigenvalue weighted by Crippen LogP contribution is -1.90. The van der Waals surface area contributed by atoms with Gasteiger partial charge in [0, 0.05) is 17.8 Å². The van der Waals surface area contributed by atoms with Crippen LogP contribution in [0.25, 0.3) is 0 Å². The molecule has 0 aliphatic rings. The smallest absolute Gasteiger partial charge is 0.151 e. The van der Waals surface area contributed by atoms with Crippen LogP contribution in [0.3, 0.4) is 0 Å². The minimum atomic E-state index is 0.697. The number of rotatable bonds is 5. The van der Waals surface area contributed by atoms with E-state index in [-0.39, 0.29) is 0 Å². The van der Waals surface area contributed by atoms with Crippen LogP contribution in [-0.4, -0.2) is 23.7 Å². The second-order valence-corrected chi connectivity index (χ2v) is 3.86. The number of hydrogen-bond acceptors (Lipinski definition) is 3. The second-order valence-electron chi connectivity index (χ2n) is 2.40. The number of pyridine rings is 1. The van der Waals surface area contributed by atoms with E-state index < -0.39 is 0 Å². The van der Waals surface area contributed by atoms with Crippen molar-refractivity contribution in [1.29, 1.82) is 0 Å². The number of nitrogens with zero attached hydrogens (tertiary/aromatic N) is 1. The van der Waals surface area contributed by atoms with Crippen LogP contribution in [0.1, 0.15) is 6.42 Å². The molecule has 1 heterocycles. The standard InChI is InChI=1S/C9H12ClNOS/c1-12-8-4-2-6-11-9(8)13-7-3-5-10/h2,4,6H,3,5,7H2,1H3.